The van der Waals surface area contributed by atoms with Gasteiger partial charge in [-0.1, -0.05) is 30.3 Å². The number of carbonyl (C=O) groups excluding carboxylic acids is 1. The summed E-state index contributed by atoms with van der Waals surface area (Å²) in [5, 5.41) is 2.91. The summed E-state index contributed by atoms with van der Waals surface area (Å²) in [5.41, 5.74) is 2.00. The fourth-order valence-electron chi connectivity index (χ4n) is 2.11. The van der Waals surface area contributed by atoms with Gasteiger partial charge in [0.1, 0.15) is 5.82 Å². The molecule has 1 amide bonds. The summed E-state index contributed by atoms with van der Waals surface area (Å²) >= 11 is 0. The highest BCUT2D eigenvalue weighted by Crippen LogP contribution is 2.18. The molecule has 1 atom stereocenters. The van der Waals surface area contributed by atoms with Gasteiger partial charge in [0.25, 0.3) is 0 Å². The van der Waals surface area contributed by atoms with Crippen LogP contribution in [0.25, 0.3) is 11.3 Å². The van der Waals surface area contributed by atoms with Crippen molar-refractivity contribution in [2.24, 2.45) is 0 Å². The molecule has 0 radical (unpaired) electrons. The van der Waals surface area contributed by atoms with Gasteiger partial charge in [-0.3, -0.25) is 4.79 Å². The summed E-state index contributed by atoms with van der Waals surface area (Å²) < 4.78 is 10.2. The van der Waals surface area contributed by atoms with Crippen LogP contribution in [0.2, 0.25) is 0 Å². The number of nitrogens with zero attached hydrogens (tertiary/aromatic N) is 1. The Morgan fingerprint density at radius 3 is 2.78 bits per heavy atom. The number of H-pyrrole nitrogens is 1. The molecular formula is C17H23N3O3. The molecule has 2 aromatic rings. The summed E-state index contributed by atoms with van der Waals surface area (Å²) in [6, 6.07) is 9.77. The van der Waals surface area contributed by atoms with E-state index in [1.807, 2.05) is 37.3 Å². The molecule has 2 N–H and O–H groups in total. The molecule has 0 saturated heterocycles. The smallest absolute Gasteiger partial charge is 0.222 e. The fraction of sp³-hybridized carbons (Fsp3) is 0.412. The summed E-state index contributed by atoms with van der Waals surface area (Å²) in [7, 11) is 1.62. The zero-order valence-electron chi connectivity index (χ0n) is 13.5. The monoisotopic (exact) mass is 317 g/mol. The molecule has 0 fully saturated rings. The third-order valence-corrected chi connectivity index (χ3v) is 3.37. The molecule has 1 aromatic heterocycles. The average Bonchev–Trinajstić information content (AvgIpc) is 3.05. The molecule has 0 bridgehead atoms. The Hall–Kier alpha value is -2.18. The van der Waals surface area contributed by atoms with Crippen LogP contribution >= 0.6 is 0 Å². The first-order valence-corrected chi connectivity index (χ1v) is 7.67. The number of aromatic amines is 1. The van der Waals surface area contributed by atoms with E-state index in [-0.39, 0.29) is 11.9 Å². The van der Waals surface area contributed by atoms with Gasteiger partial charge in [0.15, 0.2) is 0 Å². The van der Waals surface area contributed by atoms with Crippen LogP contribution in [0, 0.1) is 0 Å². The van der Waals surface area contributed by atoms with Gasteiger partial charge in [-0.15, -0.1) is 0 Å². The first-order valence-electron chi connectivity index (χ1n) is 7.67. The van der Waals surface area contributed by atoms with Crippen molar-refractivity contribution in [3.8, 4) is 11.3 Å². The zero-order chi connectivity index (χ0) is 16.5. The first-order chi connectivity index (χ1) is 11.2. The predicted molar refractivity (Wildman–Crippen MR) is 87.9 cm³/mol. The third-order valence-electron chi connectivity index (χ3n) is 3.37. The molecule has 2 rings (SSSR count). The van der Waals surface area contributed by atoms with E-state index in [0.717, 1.165) is 17.1 Å². The molecule has 0 aliphatic heterocycles. The van der Waals surface area contributed by atoms with Crippen LogP contribution in [0.3, 0.4) is 0 Å². The highest BCUT2D eigenvalue weighted by molar-refractivity contribution is 5.76. The van der Waals surface area contributed by atoms with E-state index in [2.05, 4.69) is 15.3 Å². The van der Waals surface area contributed by atoms with Crippen LogP contribution < -0.4 is 5.32 Å². The first kappa shape index (κ1) is 17.2. The Morgan fingerprint density at radius 1 is 1.26 bits per heavy atom. The van der Waals surface area contributed by atoms with Crippen LogP contribution in [-0.2, 0) is 14.3 Å². The van der Waals surface area contributed by atoms with Gasteiger partial charge in [-0.25, -0.2) is 4.98 Å². The van der Waals surface area contributed by atoms with Gasteiger partial charge in [0.2, 0.25) is 5.91 Å². The molecule has 0 aliphatic carbocycles. The number of methoxy groups -OCH3 is 1. The Kier molecular flexibility index (Phi) is 6.77. The lowest BCUT2D eigenvalue weighted by atomic mass is 10.2. The van der Waals surface area contributed by atoms with Crippen molar-refractivity contribution < 1.29 is 14.3 Å². The van der Waals surface area contributed by atoms with Gasteiger partial charge >= 0.3 is 0 Å². The lowest BCUT2D eigenvalue weighted by molar-refractivity contribution is -0.123. The Morgan fingerprint density at radius 2 is 2.04 bits per heavy atom. The molecule has 0 spiro atoms. The standard InChI is InChI=1S/C17H23N3O3/c1-13(19-16(21)8-9-23-11-10-22-2)17-18-12-15(20-17)14-6-4-3-5-7-14/h3-7,12-13H,8-11H2,1-2H3,(H,18,20)(H,19,21)/t13-/m0/s1. The molecule has 0 unspecified atom stereocenters. The summed E-state index contributed by atoms with van der Waals surface area (Å²) in [5.74, 6) is 0.671. The highest BCUT2D eigenvalue weighted by atomic mass is 16.5. The number of aromatic nitrogens is 2. The van der Waals surface area contributed by atoms with Gasteiger partial charge < -0.3 is 19.8 Å². The molecule has 1 heterocycles. The summed E-state index contributed by atoms with van der Waals surface area (Å²) in [4.78, 5) is 19.5. The third kappa shape index (κ3) is 5.50. The quantitative estimate of drug-likeness (QED) is 0.696. The van der Waals surface area contributed by atoms with Gasteiger partial charge in [0, 0.05) is 13.5 Å². The molecule has 23 heavy (non-hydrogen) atoms. The van der Waals surface area contributed by atoms with Gasteiger partial charge in [0.05, 0.1) is 37.8 Å². The minimum atomic E-state index is -0.182. The van der Waals surface area contributed by atoms with Crippen molar-refractivity contribution in [2.75, 3.05) is 26.9 Å². The minimum Gasteiger partial charge on any atom is -0.382 e. The van der Waals surface area contributed by atoms with Crippen LogP contribution in [-0.4, -0.2) is 42.8 Å². The Labute approximate surface area is 136 Å². The second-order valence-corrected chi connectivity index (χ2v) is 5.19. The van der Waals surface area contributed by atoms with Crippen molar-refractivity contribution in [3.63, 3.8) is 0 Å². The summed E-state index contributed by atoms with van der Waals surface area (Å²) in [6.07, 6.45) is 2.10. The maximum Gasteiger partial charge on any atom is 0.222 e. The fourth-order valence-corrected chi connectivity index (χ4v) is 2.11. The van der Waals surface area contributed by atoms with Crippen LogP contribution in [0.5, 0.6) is 0 Å². The molecule has 124 valence electrons. The van der Waals surface area contributed by atoms with Crippen molar-refractivity contribution in [1.29, 1.82) is 0 Å². The average molecular weight is 317 g/mol. The van der Waals surface area contributed by atoms with E-state index in [4.69, 9.17) is 9.47 Å². The number of rotatable bonds is 9. The van der Waals surface area contributed by atoms with Crippen molar-refractivity contribution in [1.82, 2.24) is 15.3 Å². The van der Waals surface area contributed by atoms with E-state index in [0.29, 0.717) is 26.2 Å². The normalized spacial score (nSPS) is 12.1. The maximum absolute atomic E-state index is 11.9. The van der Waals surface area contributed by atoms with E-state index < -0.39 is 0 Å². The second kappa shape index (κ2) is 9.07. The number of ether oxygens (including phenoxy) is 2. The molecule has 1 aromatic carbocycles. The predicted octanol–water partition coefficient (Wildman–Crippen LogP) is 2.31. The van der Waals surface area contributed by atoms with Gasteiger partial charge in [-0.2, -0.15) is 0 Å². The molecule has 0 aliphatic rings. The Bertz CT molecular complexity index is 598. The number of hydrogen-bond acceptors (Lipinski definition) is 4. The second-order valence-electron chi connectivity index (χ2n) is 5.19. The van der Waals surface area contributed by atoms with Gasteiger partial charge in [-0.05, 0) is 12.5 Å². The van der Waals surface area contributed by atoms with Crippen LogP contribution in [0.1, 0.15) is 25.2 Å². The number of amides is 1. The molecule has 6 nitrogen and oxygen atoms in total. The van der Waals surface area contributed by atoms with Crippen molar-refractivity contribution in [2.45, 2.75) is 19.4 Å². The minimum absolute atomic E-state index is 0.0624. The summed E-state index contributed by atoms with van der Waals surface area (Å²) in [6.45, 7) is 3.32. The Balaban J connectivity index is 1.80. The largest absolute Gasteiger partial charge is 0.382 e. The van der Waals surface area contributed by atoms with E-state index in [9.17, 15) is 4.79 Å². The van der Waals surface area contributed by atoms with E-state index in [1.165, 1.54) is 0 Å². The topological polar surface area (TPSA) is 76.2 Å². The van der Waals surface area contributed by atoms with Crippen molar-refractivity contribution >= 4 is 5.91 Å². The van der Waals surface area contributed by atoms with E-state index in [1.54, 1.807) is 13.3 Å². The lowest BCUT2D eigenvalue weighted by Gasteiger charge is -2.11. The highest BCUT2D eigenvalue weighted by Gasteiger charge is 2.13. The zero-order valence-corrected chi connectivity index (χ0v) is 13.5. The molecule has 0 saturated carbocycles. The van der Waals surface area contributed by atoms with Crippen molar-refractivity contribution in [3.05, 3.63) is 42.4 Å². The number of nitrogens with one attached hydrogen (secondary N) is 2. The SMILES string of the molecule is COCCOCCC(=O)N[C@@H](C)c1ncc(-c2ccccc2)[nH]1. The molecular weight excluding hydrogens is 294 g/mol. The van der Waals surface area contributed by atoms with Crippen LogP contribution in [0.15, 0.2) is 36.5 Å². The molecule has 6 heteroatoms. The number of carbonyl (C=O) groups is 1. The maximum atomic E-state index is 11.9. The number of imidazole rings is 1. The van der Waals surface area contributed by atoms with E-state index >= 15 is 0 Å². The van der Waals surface area contributed by atoms with Crippen LogP contribution in [0.4, 0.5) is 0 Å². The number of hydrogen-bond donors (Lipinski definition) is 2. The lowest BCUT2D eigenvalue weighted by Crippen LogP contribution is -2.28. The number of benzene rings is 1.